The predicted molar refractivity (Wildman–Crippen MR) is 71.2 cm³/mol. The summed E-state index contributed by atoms with van der Waals surface area (Å²) in [5.74, 6) is -1.75. The molecule has 9 nitrogen and oxygen atoms in total. The molecule has 0 unspecified atom stereocenters. The average Bonchev–Trinajstić information content (AvgIpc) is 2.90. The largest absolute Gasteiger partial charge is 0.452 e. The highest BCUT2D eigenvalue weighted by molar-refractivity contribution is 5.98. The monoisotopic (exact) mass is 308 g/mol. The van der Waals surface area contributed by atoms with Crippen molar-refractivity contribution in [2.45, 2.75) is 6.92 Å². The molecule has 2 rings (SSSR count). The number of hydrogen-bond donors (Lipinski definition) is 0. The Morgan fingerprint density at radius 3 is 2.77 bits per heavy atom. The highest BCUT2D eigenvalue weighted by Gasteiger charge is 2.30. The van der Waals surface area contributed by atoms with Gasteiger partial charge >= 0.3 is 12.1 Å². The van der Waals surface area contributed by atoms with Crippen LogP contribution < -0.4 is 0 Å². The Bertz CT molecular complexity index is 656. The summed E-state index contributed by atoms with van der Waals surface area (Å²) in [4.78, 5) is 45.9. The Morgan fingerprint density at radius 1 is 1.45 bits per heavy atom. The molecule has 2 amide bonds. The van der Waals surface area contributed by atoms with E-state index >= 15 is 0 Å². The fraction of sp³-hybridized carbons (Fsp3) is 0.308. The number of nitrogens with zero attached hydrogens (tertiary/aromatic N) is 2. The van der Waals surface area contributed by atoms with Gasteiger partial charge in [-0.05, 0) is 13.0 Å². The van der Waals surface area contributed by atoms with Gasteiger partial charge in [-0.1, -0.05) is 12.1 Å². The lowest BCUT2D eigenvalue weighted by Gasteiger charge is -2.11. The first kappa shape index (κ1) is 15.4. The fourth-order valence-corrected chi connectivity index (χ4v) is 1.97. The number of imide groups is 1. The van der Waals surface area contributed by atoms with Crippen LogP contribution in [-0.4, -0.2) is 47.6 Å². The number of esters is 1. The van der Waals surface area contributed by atoms with E-state index in [0.717, 1.165) is 4.90 Å². The molecule has 1 aliphatic heterocycles. The van der Waals surface area contributed by atoms with E-state index in [9.17, 15) is 24.5 Å². The van der Waals surface area contributed by atoms with Gasteiger partial charge < -0.3 is 9.47 Å². The Labute approximate surface area is 124 Å². The molecule has 0 aromatic heterocycles. The fourth-order valence-electron chi connectivity index (χ4n) is 1.97. The van der Waals surface area contributed by atoms with Crippen LogP contribution in [0.3, 0.4) is 0 Å². The van der Waals surface area contributed by atoms with Crippen LogP contribution in [0.1, 0.15) is 15.9 Å². The molecular formula is C13H12N2O7. The molecule has 0 saturated carbocycles. The van der Waals surface area contributed by atoms with Gasteiger partial charge in [-0.15, -0.1) is 0 Å². The summed E-state index contributed by atoms with van der Waals surface area (Å²) in [6.45, 7) is 0.959. The highest BCUT2D eigenvalue weighted by Crippen LogP contribution is 2.23. The van der Waals surface area contributed by atoms with Crippen molar-refractivity contribution in [3.63, 3.8) is 0 Å². The predicted octanol–water partition coefficient (Wildman–Crippen LogP) is 1.04. The zero-order valence-corrected chi connectivity index (χ0v) is 11.6. The number of carbonyl (C=O) groups is 3. The van der Waals surface area contributed by atoms with Crippen LogP contribution in [0.4, 0.5) is 10.5 Å². The minimum atomic E-state index is -1.00. The minimum Gasteiger partial charge on any atom is -0.452 e. The molecule has 9 heteroatoms. The van der Waals surface area contributed by atoms with Gasteiger partial charge in [0.25, 0.3) is 11.6 Å². The van der Waals surface area contributed by atoms with Crippen LogP contribution in [0.5, 0.6) is 0 Å². The van der Waals surface area contributed by atoms with Crippen molar-refractivity contribution >= 4 is 23.7 Å². The second-order valence-corrected chi connectivity index (χ2v) is 4.46. The maximum absolute atomic E-state index is 11.9. The lowest BCUT2D eigenvalue weighted by Crippen LogP contribution is -2.35. The van der Waals surface area contributed by atoms with E-state index in [1.54, 1.807) is 0 Å². The summed E-state index contributed by atoms with van der Waals surface area (Å²) in [7, 11) is 0. The quantitative estimate of drug-likeness (QED) is 0.463. The maximum atomic E-state index is 11.9. The van der Waals surface area contributed by atoms with Crippen LogP contribution in [0.15, 0.2) is 18.2 Å². The maximum Gasteiger partial charge on any atom is 0.416 e. The van der Waals surface area contributed by atoms with Crippen molar-refractivity contribution in [1.82, 2.24) is 4.90 Å². The van der Waals surface area contributed by atoms with E-state index in [1.165, 1.54) is 25.1 Å². The third kappa shape index (κ3) is 3.03. The van der Waals surface area contributed by atoms with Gasteiger partial charge in [-0.2, -0.15) is 0 Å². The Morgan fingerprint density at radius 2 is 2.18 bits per heavy atom. The SMILES string of the molecule is Cc1cccc(C(=O)OCC(=O)N2CCOC2=O)c1[N+](=O)[O-]. The lowest BCUT2D eigenvalue weighted by atomic mass is 10.1. The number of carbonyl (C=O) groups excluding carboxylic acids is 3. The number of ether oxygens (including phenoxy) is 2. The van der Waals surface area contributed by atoms with Crippen molar-refractivity contribution in [2.24, 2.45) is 0 Å². The molecule has 1 heterocycles. The molecule has 0 radical (unpaired) electrons. The molecule has 1 saturated heterocycles. The van der Waals surface area contributed by atoms with Crippen molar-refractivity contribution < 1.29 is 28.8 Å². The van der Waals surface area contributed by atoms with E-state index in [2.05, 4.69) is 4.74 Å². The zero-order valence-electron chi connectivity index (χ0n) is 11.6. The topological polar surface area (TPSA) is 116 Å². The number of benzene rings is 1. The molecule has 22 heavy (non-hydrogen) atoms. The van der Waals surface area contributed by atoms with Crippen molar-refractivity contribution in [3.8, 4) is 0 Å². The molecule has 0 bridgehead atoms. The molecule has 1 fully saturated rings. The average molecular weight is 308 g/mol. The van der Waals surface area contributed by atoms with Crippen LogP contribution in [-0.2, 0) is 14.3 Å². The van der Waals surface area contributed by atoms with E-state index in [1.807, 2.05) is 0 Å². The number of para-hydroxylation sites is 1. The smallest absolute Gasteiger partial charge is 0.416 e. The molecule has 1 aliphatic rings. The molecule has 116 valence electrons. The summed E-state index contributed by atoms with van der Waals surface area (Å²) in [6, 6.07) is 4.20. The summed E-state index contributed by atoms with van der Waals surface area (Å²) in [6.07, 6.45) is -0.803. The second kappa shape index (κ2) is 6.20. The van der Waals surface area contributed by atoms with E-state index < -0.39 is 29.5 Å². The molecule has 0 N–H and O–H groups in total. The second-order valence-electron chi connectivity index (χ2n) is 4.46. The van der Waals surface area contributed by atoms with Gasteiger partial charge in [0.2, 0.25) is 0 Å². The van der Waals surface area contributed by atoms with E-state index in [0.29, 0.717) is 5.56 Å². The van der Waals surface area contributed by atoms with E-state index in [-0.39, 0.29) is 24.4 Å². The van der Waals surface area contributed by atoms with Gasteiger partial charge in [0.05, 0.1) is 11.5 Å². The van der Waals surface area contributed by atoms with Crippen LogP contribution in [0.2, 0.25) is 0 Å². The van der Waals surface area contributed by atoms with Gasteiger partial charge in [0.1, 0.15) is 12.2 Å². The van der Waals surface area contributed by atoms with Gasteiger partial charge in [0, 0.05) is 5.56 Å². The van der Waals surface area contributed by atoms with Gasteiger partial charge in [-0.25, -0.2) is 14.5 Å². The van der Waals surface area contributed by atoms with Crippen molar-refractivity contribution in [2.75, 3.05) is 19.8 Å². The molecule has 0 spiro atoms. The Kier molecular flexibility index (Phi) is 4.35. The summed E-state index contributed by atoms with van der Waals surface area (Å²) >= 11 is 0. The molecule has 0 aliphatic carbocycles. The number of hydrogen-bond acceptors (Lipinski definition) is 7. The van der Waals surface area contributed by atoms with Gasteiger partial charge in [-0.3, -0.25) is 14.9 Å². The van der Waals surface area contributed by atoms with Crippen LogP contribution in [0, 0.1) is 17.0 Å². The number of nitro benzene ring substituents is 1. The minimum absolute atomic E-state index is 0.0831. The first-order valence-electron chi connectivity index (χ1n) is 6.30. The summed E-state index contributed by atoms with van der Waals surface area (Å²) in [5.41, 5.74) is -0.323. The lowest BCUT2D eigenvalue weighted by molar-refractivity contribution is -0.385. The van der Waals surface area contributed by atoms with E-state index in [4.69, 9.17) is 4.74 Å². The van der Waals surface area contributed by atoms with Crippen molar-refractivity contribution in [1.29, 1.82) is 0 Å². The molecule has 0 atom stereocenters. The third-order valence-electron chi connectivity index (χ3n) is 3.03. The molecular weight excluding hydrogens is 296 g/mol. The number of amides is 2. The van der Waals surface area contributed by atoms with Gasteiger partial charge in [0.15, 0.2) is 6.61 Å². The number of aryl methyl sites for hydroxylation is 1. The highest BCUT2D eigenvalue weighted by atomic mass is 16.6. The number of nitro groups is 1. The first-order chi connectivity index (χ1) is 10.4. The standard InChI is InChI=1S/C13H12N2O7/c1-8-3-2-4-9(11(8)15(19)20)12(17)22-7-10(16)14-5-6-21-13(14)18/h2-4H,5-7H2,1H3. The van der Waals surface area contributed by atoms with Crippen LogP contribution >= 0.6 is 0 Å². The Hall–Kier alpha value is -2.97. The van der Waals surface area contributed by atoms with Crippen LogP contribution in [0.25, 0.3) is 0 Å². The normalized spacial score (nSPS) is 13.7. The zero-order chi connectivity index (χ0) is 16.3. The number of cyclic esters (lactones) is 1. The molecule has 1 aromatic rings. The number of rotatable bonds is 4. The Balaban J connectivity index is 2.07. The molecule has 1 aromatic carbocycles. The summed E-state index contributed by atoms with van der Waals surface area (Å²) < 4.78 is 9.33. The summed E-state index contributed by atoms with van der Waals surface area (Å²) in [5, 5.41) is 11.0. The van der Waals surface area contributed by atoms with Crippen molar-refractivity contribution in [3.05, 3.63) is 39.4 Å². The first-order valence-corrected chi connectivity index (χ1v) is 6.30. The third-order valence-corrected chi connectivity index (χ3v) is 3.03.